The summed E-state index contributed by atoms with van der Waals surface area (Å²) in [7, 11) is 1.52. The number of para-hydroxylation sites is 1. The van der Waals surface area contributed by atoms with Gasteiger partial charge in [0, 0.05) is 0 Å². The van der Waals surface area contributed by atoms with Gasteiger partial charge in [0.1, 0.15) is 17.5 Å². The Labute approximate surface area is 145 Å². The molecule has 0 radical (unpaired) electrons. The van der Waals surface area contributed by atoms with Crippen LogP contribution < -0.4 is 14.8 Å². The van der Waals surface area contributed by atoms with E-state index in [9.17, 15) is 14.4 Å². The maximum atomic E-state index is 13.6. The van der Waals surface area contributed by atoms with Crippen molar-refractivity contribution in [3.8, 4) is 17.6 Å². The minimum Gasteiger partial charge on any atom is -0.493 e. The Morgan fingerprint density at radius 2 is 2.04 bits per heavy atom. The van der Waals surface area contributed by atoms with Gasteiger partial charge in [-0.3, -0.25) is 4.79 Å². The average Bonchev–Trinajstić information content (AvgIpc) is 2.62. The maximum Gasteiger partial charge on any atom is 0.266 e. The van der Waals surface area contributed by atoms with Crippen LogP contribution in [0.25, 0.3) is 6.08 Å². The average molecular weight is 340 g/mol. The third kappa shape index (κ3) is 4.58. The highest BCUT2D eigenvalue weighted by atomic mass is 19.1. The molecule has 128 valence electrons. The Morgan fingerprint density at radius 3 is 2.68 bits per heavy atom. The van der Waals surface area contributed by atoms with Crippen molar-refractivity contribution in [3.05, 3.63) is 59.4 Å². The van der Waals surface area contributed by atoms with E-state index in [1.165, 1.54) is 31.4 Å². The van der Waals surface area contributed by atoms with Gasteiger partial charge in [-0.05, 0) is 42.8 Å². The van der Waals surface area contributed by atoms with Gasteiger partial charge >= 0.3 is 0 Å². The van der Waals surface area contributed by atoms with Crippen molar-refractivity contribution >= 4 is 17.7 Å². The normalized spacial score (nSPS) is 10.7. The van der Waals surface area contributed by atoms with Crippen LogP contribution >= 0.6 is 0 Å². The van der Waals surface area contributed by atoms with Gasteiger partial charge in [0.15, 0.2) is 11.5 Å². The highest BCUT2D eigenvalue weighted by Gasteiger charge is 2.12. The van der Waals surface area contributed by atoms with E-state index in [2.05, 4.69) is 5.32 Å². The number of nitrogens with one attached hydrogen (secondary N) is 1. The lowest BCUT2D eigenvalue weighted by atomic mass is 10.1. The van der Waals surface area contributed by atoms with Crippen molar-refractivity contribution in [1.82, 2.24) is 0 Å². The van der Waals surface area contributed by atoms with Gasteiger partial charge in [-0.25, -0.2) is 4.39 Å². The first-order valence-corrected chi connectivity index (χ1v) is 7.57. The molecule has 2 aromatic rings. The Hall–Kier alpha value is -3.33. The molecule has 25 heavy (non-hydrogen) atoms. The number of halogens is 1. The largest absolute Gasteiger partial charge is 0.493 e. The number of ether oxygens (including phenoxy) is 2. The van der Waals surface area contributed by atoms with E-state index in [1.807, 2.05) is 13.0 Å². The van der Waals surface area contributed by atoms with E-state index in [1.54, 1.807) is 24.3 Å². The zero-order valence-electron chi connectivity index (χ0n) is 13.9. The predicted octanol–water partition coefficient (Wildman–Crippen LogP) is 3.78. The zero-order chi connectivity index (χ0) is 18.2. The molecule has 0 unspecified atom stereocenters. The van der Waals surface area contributed by atoms with Crippen LogP contribution in [0.3, 0.4) is 0 Å². The van der Waals surface area contributed by atoms with E-state index in [-0.39, 0.29) is 11.3 Å². The maximum absolute atomic E-state index is 13.6. The zero-order valence-corrected chi connectivity index (χ0v) is 13.9. The van der Waals surface area contributed by atoms with Gasteiger partial charge in [0.2, 0.25) is 0 Å². The predicted molar refractivity (Wildman–Crippen MR) is 92.8 cm³/mol. The number of methoxy groups -OCH3 is 1. The van der Waals surface area contributed by atoms with Crippen molar-refractivity contribution in [2.75, 3.05) is 19.0 Å². The van der Waals surface area contributed by atoms with Crippen molar-refractivity contribution in [1.29, 1.82) is 5.26 Å². The van der Waals surface area contributed by atoms with Gasteiger partial charge in [0.25, 0.3) is 5.91 Å². The highest BCUT2D eigenvalue weighted by molar-refractivity contribution is 6.09. The molecule has 0 atom stereocenters. The molecule has 2 rings (SSSR count). The molecule has 0 aliphatic rings. The lowest BCUT2D eigenvalue weighted by Gasteiger charge is -2.10. The Morgan fingerprint density at radius 1 is 1.28 bits per heavy atom. The molecule has 1 N–H and O–H groups in total. The lowest BCUT2D eigenvalue weighted by molar-refractivity contribution is -0.112. The van der Waals surface area contributed by atoms with Crippen LogP contribution in [-0.2, 0) is 4.79 Å². The number of hydrogen-bond donors (Lipinski definition) is 1. The van der Waals surface area contributed by atoms with E-state index in [0.29, 0.717) is 23.7 Å². The number of nitrogens with zero attached hydrogens (tertiary/aromatic N) is 1. The van der Waals surface area contributed by atoms with Crippen LogP contribution in [0.1, 0.15) is 12.5 Å². The summed E-state index contributed by atoms with van der Waals surface area (Å²) in [5.41, 5.74) is 0.443. The van der Waals surface area contributed by atoms with Gasteiger partial charge in [-0.2, -0.15) is 5.26 Å². The van der Waals surface area contributed by atoms with Crippen molar-refractivity contribution < 1.29 is 18.7 Å². The SMILES string of the molecule is CCOc1cc(/C=C(\C#N)C(=O)Nc2ccccc2F)ccc1OC. The second-order valence-electron chi connectivity index (χ2n) is 4.95. The van der Waals surface area contributed by atoms with E-state index in [4.69, 9.17) is 9.47 Å². The minimum atomic E-state index is -0.693. The molecule has 0 aliphatic carbocycles. The van der Waals surface area contributed by atoms with Gasteiger partial charge in [0.05, 0.1) is 19.4 Å². The summed E-state index contributed by atoms with van der Waals surface area (Å²) in [6.45, 7) is 2.28. The standard InChI is InChI=1S/C19H17FN2O3/c1-3-25-18-11-13(8-9-17(18)24-2)10-14(12-21)19(23)22-16-7-5-4-6-15(16)20/h4-11H,3H2,1-2H3,(H,22,23)/b14-10+. The first-order chi connectivity index (χ1) is 12.1. The van der Waals surface area contributed by atoms with Crippen molar-refractivity contribution in [2.45, 2.75) is 6.92 Å². The fourth-order valence-corrected chi connectivity index (χ4v) is 2.12. The summed E-state index contributed by atoms with van der Waals surface area (Å²) in [5.74, 6) is -0.212. The van der Waals surface area contributed by atoms with Crippen LogP contribution in [0.4, 0.5) is 10.1 Å². The molecular weight excluding hydrogens is 323 g/mol. The van der Waals surface area contributed by atoms with Crippen LogP contribution in [-0.4, -0.2) is 19.6 Å². The summed E-state index contributed by atoms with van der Waals surface area (Å²) in [4.78, 5) is 12.2. The summed E-state index contributed by atoms with van der Waals surface area (Å²) in [6.07, 6.45) is 1.40. The number of hydrogen-bond acceptors (Lipinski definition) is 4. The first-order valence-electron chi connectivity index (χ1n) is 7.57. The van der Waals surface area contributed by atoms with Gasteiger partial charge in [-0.1, -0.05) is 18.2 Å². The number of carbonyl (C=O) groups is 1. The van der Waals surface area contributed by atoms with Crippen LogP contribution in [0.2, 0.25) is 0 Å². The summed E-state index contributed by atoms with van der Waals surface area (Å²) >= 11 is 0. The van der Waals surface area contributed by atoms with E-state index < -0.39 is 11.7 Å². The number of rotatable bonds is 6. The number of carbonyl (C=O) groups excluding carboxylic acids is 1. The third-order valence-corrected chi connectivity index (χ3v) is 3.29. The fraction of sp³-hybridized carbons (Fsp3) is 0.158. The molecule has 5 nitrogen and oxygen atoms in total. The third-order valence-electron chi connectivity index (χ3n) is 3.29. The molecule has 0 aliphatic heterocycles. The van der Waals surface area contributed by atoms with E-state index in [0.717, 1.165) is 0 Å². The van der Waals surface area contributed by atoms with Crippen molar-refractivity contribution in [2.24, 2.45) is 0 Å². The van der Waals surface area contributed by atoms with E-state index >= 15 is 0 Å². The molecule has 0 bridgehead atoms. The molecular formula is C19H17FN2O3. The topological polar surface area (TPSA) is 71.3 Å². The number of anilines is 1. The monoisotopic (exact) mass is 340 g/mol. The van der Waals surface area contributed by atoms with Crippen LogP contribution in [0.15, 0.2) is 48.0 Å². The number of nitriles is 1. The van der Waals surface area contributed by atoms with Gasteiger partial charge < -0.3 is 14.8 Å². The molecule has 0 fully saturated rings. The first kappa shape index (κ1) is 18.0. The smallest absolute Gasteiger partial charge is 0.266 e. The van der Waals surface area contributed by atoms with Crippen LogP contribution in [0.5, 0.6) is 11.5 Å². The minimum absolute atomic E-state index is 0.0124. The molecule has 1 amide bonds. The summed E-state index contributed by atoms with van der Waals surface area (Å²) in [6, 6.07) is 12.6. The summed E-state index contributed by atoms with van der Waals surface area (Å²) in [5, 5.41) is 11.6. The molecule has 0 saturated carbocycles. The lowest BCUT2D eigenvalue weighted by Crippen LogP contribution is -2.14. The van der Waals surface area contributed by atoms with Crippen molar-refractivity contribution in [3.63, 3.8) is 0 Å². The molecule has 2 aromatic carbocycles. The molecule has 0 heterocycles. The summed E-state index contributed by atoms with van der Waals surface area (Å²) < 4.78 is 24.3. The number of amides is 1. The second kappa shape index (κ2) is 8.50. The highest BCUT2D eigenvalue weighted by Crippen LogP contribution is 2.29. The Kier molecular flexibility index (Phi) is 6.13. The molecule has 0 saturated heterocycles. The number of benzene rings is 2. The second-order valence-corrected chi connectivity index (χ2v) is 4.95. The Balaban J connectivity index is 2.28. The fourth-order valence-electron chi connectivity index (χ4n) is 2.12. The molecule has 0 spiro atoms. The quantitative estimate of drug-likeness (QED) is 0.642. The van der Waals surface area contributed by atoms with Crippen LogP contribution in [0, 0.1) is 17.1 Å². The van der Waals surface area contributed by atoms with Gasteiger partial charge in [-0.15, -0.1) is 0 Å². The molecule has 0 aromatic heterocycles. The Bertz CT molecular complexity index is 841. The molecule has 6 heteroatoms.